The van der Waals surface area contributed by atoms with Crippen LogP contribution in [-0.2, 0) is 0 Å². The summed E-state index contributed by atoms with van der Waals surface area (Å²) in [6, 6.07) is 5.37. The molecule has 0 bridgehead atoms. The van der Waals surface area contributed by atoms with E-state index < -0.39 is 0 Å². The Hall–Kier alpha value is -1.00. The van der Waals surface area contributed by atoms with Crippen LogP contribution in [0.2, 0.25) is 0 Å². The Morgan fingerprint density at radius 2 is 2.17 bits per heavy atom. The van der Waals surface area contributed by atoms with Crippen LogP contribution in [0.15, 0.2) is 22.6 Å². The van der Waals surface area contributed by atoms with Crippen molar-refractivity contribution in [1.82, 2.24) is 4.98 Å². The van der Waals surface area contributed by atoms with Gasteiger partial charge in [-0.2, -0.15) is 0 Å². The number of aromatic amines is 1. The van der Waals surface area contributed by atoms with Gasteiger partial charge in [-0.05, 0) is 24.4 Å². The van der Waals surface area contributed by atoms with Gasteiger partial charge in [-0.25, -0.2) is 0 Å². The largest absolute Gasteiger partial charge is 0.429 e. The number of hydrogen-bond acceptors (Lipinski definition) is 3. The molecule has 64 valence electrons. The maximum atomic E-state index is 5.53. The summed E-state index contributed by atoms with van der Waals surface area (Å²) in [7, 11) is 0. The van der Waals surface area contributed by atoms with Crippen LogP contribution >= 0.6 is 24.6 Å². The Bertz CT molecular complexity index is 448. The lowest BCUT2D eigenvalue weighted by Crippen LogP contribution is -1.81. The smallest absolute Gasteiger partial charge is 0.266 e. The quantitative estimate of drug-likeness (QED) is 0.510. The first-order valence-corrected chi connectivity index (χ1v) is 3.55. The van der Waals surface area contributed by atoms with Crippen molar-refractivity contribution in [2.45, 2.75) is 0 Å². The number of anilines is 1. The van der Waals surface area contributed by atoms with Gasteiger partial charge in [-0.1, -0.05) is 0 Å². The zero-order valence-electron chi connectivity index (χ0n) is 6.03. The number of fused-ring (bicyclic) bond motifs is 1. The van der Waals surface area contributed by atoms with Crippen molar-refractivity contribution in [2.75, 3.05) is 5.73 Å². The van der Waals surface area contributed by atoms with E-state index in [9.17, 15) is 0 Å². The number of hydrogen-bond donors (Lipinski definition) is 2. The van der Waals surface area contributed by atoms with E-state index in [1.807, 2.05) is 6.07 Å². The van der Waals surface area contributed by atoms with Crippen LogP contribution in [0.25, 0.3) is 11.1 Å². The van der Waals surface area contributed by atoms with Gasteiger partial charge in [0.2, 0.25) is 0 Å². The maximum absolute atomic E-state index is 5.53. The third-order valence-corrected chi connectivity index (χ3v) is 1.63. The average Bonchev–Trinajstić information content (AvgIpc) is 2.27. The molecule has 3 nitrogen and oxygen atoms in total. The van der Waals surface area contributed by atoms with E-state index in [0.717, 1.165) is 5.52 Å². The molecule has 1 heterocycles. The summed E-state index contributed by atoms with van der Waals surface area (Å²) in [5.74, 6) is 0. The number of nitrogens with one attached hydrogen (secondary N) is 1. The zero-order valence-corrected chi connectivity index (χ0v) is 7.67. The van der Waals surface area contributed by atoms with Crippen molar-refractivity contribution < 1.29 is 4.42 Å². The molecule has 0 atom stereocenters. The Morgan fingerprint density at radius 3 is 2.92 bits per heavy atom. The Labute approximate surface area is 80.0 Å². The van der Waals surface area contributed by atoms with Gasteiger partial charge in [-0.15, -0.1) is 12.4 Å². The summed E-state index contributed by atoms with van der Waals surface area (Å²) < 4.78 is 5.13. The van der Waals surface area contributed by atoms with Crippen molar-refractivity contribution in [3.8, 4) is 0 Å². The van der Waals surface area contributed by atoms with E-state index in [1.54, 1.807) is 12.1 Å². The number of oxazole rings is 1. The minimum Gasteiger partial charge on any atom is -0.429 e. The van der Waals surface area contributed by atoms with E-state index in [1.165, 1.54) is 0 Å². The van der Waals surface area contributed by atoms with Crippen molar-refractivity contribution in [3.05, 3.63) is 23.0 Å². The molecule has 0 saturated heterocycles. The van der Waals surface area contributed by atoms with Crippen LogP contribution in [0.4, 0.5) is 5.69 Å². The monoisotopic (exact) mass is 202 g/mol. The van der Waals surface area contributed by atoms with Crippen LogP contribution in [0.3, 0.4) is 0 Å². The lowest BCUT2D eigenvalue weighted by atomic mass is 10.3. The minimum absolute atomic E-state index is 0. The molecular weight excluding hydrogens is 196 g/mol. The van der Waals surface area contributed by atoms with Crippen molar-refractivity contribution >= 4 is 41.4 Å². The highest BCUT2D eigenvalue weighted by molar-refractivity contribution is 7.71. The van der Waals surface area contributed by atoms with Crippen molar-refractivity contribution in [1.29, 1.82) is 0 Å². The predicted molar refractivity (Wildman–Crippen MR) is 53.1 cm³/mol. The van der Waals surface area contributed by atoms with E-state index in [4.69, 9.17) is 22.4 Å². The van der Waals surface area contributed by atoms with Gasteiger partial charge in [0, 0.05) is 11.8 Å². The van der Waals surface area contributed by atoms with Crippen LogP contribution in [-0.4, -0.2) is 4.98 Å². The normalized spacial score (nSPS) is 9.67. The lowest BCUT2D eigenvalue weighted by molar-refractivity contribution is 0.583. The van der Waals surface area contributed by atoms with Crippen molar-refractivity contribution in [3.63, 3.8) is 0 Å². The first-order valence-electron chi connectivity index (χ1n) is 3.14. The number of halogens is 1. The molecule has 0 unspecified atom stereocenters. The molecule has 2 rings (SSSR count). The van der Waals surface area contributed by atoms with Gasteiger partial charge in [0.1, 0.15) is 0 Å². The van der Waals surface area contributed by atoms with E-state index in [0.29, 0.717) is 16.1 Å². The molecule has 0 spiro atoms. The highest BCUT2D eigenvalue weighted by Gasteiger charge is 1.96. The van der Waals surface area contributed by atoms with Crippen LogP contribution < -0.4 is 5.73 Å². The summed E-state index contributed by atoms with van der Waals surface area (Å²) in [4.78, 5) is 3.26. The van der Waals surface area contributed by atoms with Gasteiger partial charge in [0.15, 0.2) is 5.58 Å². The van der Waals surface area contributed by atoms with Crippen LogP contribution in [0, 0.1) is 4.84 Å². The van der Waals surface area contributed by atoms with E-state index in [2.05, 4.69) is 4.98 Å². The Kier molecular flexibility index (Phi) is 2.40. The molecule has 2 aromatic rings. The van der Waals surface area contributed by atoms with Gasteiger partial charge in [-0.3, -0.25) is 0 Å². The topological polar surface area (TPSA) is 55.0 Å². The lowest BCUT2D eigenvalue weighted by Gasteiger charge is -1.88. The molecule has 0 saturated carbocycles. The fraction of sp³-hybridized carbons (Fsp3) is 0. The van der Waals surface area contributed by atoms with Crippen LogP contribution in [0.5, 0.6) is 0 Å². The second kappa shape index (κ2) is 3.16. The minimum atomic E-state index is 0. The number of aromatic nitrogens is 1. The highest BCUT2D eigenvalue weighted by atomic mass is 35.5. The summed E-state index contributed by atoms with van der Waals surface area (Å²) in [5.41, 5.74) is 7.78. The molecule has 0 fully saturated rings. The summed E-state index contributed by atoms with van der Waals surface area (Å²) in [5, 5.41) is 0. The molecule has 3 N–H and O–H groups in total. The first-order chi connectivity index (χ1) is 5.25. The Morgan fingerprint density at radius 1 is 1.42 bits per heavy atom. The molecule has 5 heteroatoms. The number of benzene rings is 1. The third kappa shape index (κ3) is 1.44. The summed E-state index contributed by atoms with van der Waals surface area (Å²) >= 11 is 4.79. The first kappa shape index (κ1) is 9.09. The standard InChI is InChI=1S/C7H6N2OS.ClH/c8-4-1-2-5-6(3-4)10-7(11)9-5;/h1-3H,8H2,(H,9,11);1H. The molecule has 1 aromatic heterocycles. The second-order valence-electron chi connectivity index (χ2n) is 2.27. The van der Waals surface area contributed by atoms with E-state index in [-0.39, 0.29) is 12.4 Å². The third-order valence-electron chi connectivity index (χ3n) is 1.45. The van der Waals surface area contributed by atoms with Gasteiger partial charge < -0.3 is 15.1 Å². The second-order valence-corrected chi connectivity index (χ2v) is 2.64. The molecule has 0 aliphatic rings. The van der Waals surface area contributed by atoms with Gasteiger partial charge in [0.25, 0.3) is 4.84 Å². The molecule has 0 amide bonds. The summed E-state index contributed by atoms with van der Waals surface area (Å²) in [6.07, 6.45) is 0. The fourth-order valence-corrected chi connectivity index (χ4v) is 1.16. The molecular formula is C7H7ClN2OS. The van der Waals surface area contributed by atoms with E-state index >= 15 is 0 Å². The zero-order chi connectivity index (χ0) is 7.84. The number of nitrogens with two attached hydrogens (primary N) is 1. The molecule has 0 radical (unpaired) electrons. The molecule has 0 aliphatic heterocycles. The Balaban J connectivity index is 0.000000720. The SMILES string of the molecule is Cl.Nc1ccc2[nH]c(=S)oc2c1. The maximum Gasteiger partial charge on any atom is 0.266 e. The van der Waals surface area contributed by atoms with Gasteiger partial charge in [0.05, 0.1) is 5.52 Å². The molecule has 12 heavy (non-hydrogen) atoms. The fourth-order valence-electron chi connectivity index (χ4n) is 0.962. The van der Waals surface area contributed by atoms with Gasteiger partial charge >= 0.3 is 0 Å². The number of nitrogen functional groups attached to an aromatic ring is 1. The summed E-state index contributed by atoms with van der Waals surface area (Å²) in [6.45, 7) is 0. The predicted octanol–water partition coefficient (Wildman–Crippen LogP) is 2.49. The van der Waals surface area contributed by atoms with Crippen molar-refractivity contribution in [2.24, 2.45) is 0 Å². The molecule has 1 aromatic carbocycles. The number of rotatable bonds is 0. The highest BCUT2D eigenvalue weighted by Crippen LogP contribution is 2.15. The molecule has 0 aliphatic carbocycles. The average molecular weight is 203 g/mol. The van der Waals surface area contributed by atoms with Crippen LogP contribution in [0.1, 0.15) is 0 Å². The number of H-pyrrole nitrogens is 1.